The number of aromatic nitrogens is 2. The molecule has 3 rings (SSSR count). The predicted molar refractivity (Wildman–Crippen MR) is 76.0 cm³/mol. The molecule has 1 aliphatic heterocycles. The second kappa shape index (κ2) is 4.89. The van der Waals surface area contributed by atoms with Crippen LogP contribution in [0.5, 0.6) is 0 Å². The lowest BCUT2D eigenvalue weighted by molar-refractivity contribution is -0.384. The molecule has 0 fully saturated rings. The molecule has 0 bridgehead atoms. The highest BCUT2D eigenvalue weighted by Gasteiger charge is 2.24. The molecule has 1 aromatic carbocycles. The molecule has 1 amide bonds. The number of nitro benzene ring substituents is 1. The van der Waals surface area contributed by atoms with Crippen LogP contribution in [0.25, 0.3) is 0 Å². The first kappa shape index (κ1) is 13.1. The third-order valence-corrected chi connectivity index (χ3v) is 3.27. The van der Waals surface area contributed by atoms with Gasteiger partial charge in [-0.05, 0) is 17.7 Å². The van der Waals surface area contributed by atoms with E-state index in [9.17, 15) is 14.9 Å². The van der Waals surface area contributed by atoms with Gasteiger partial charge in [0.25, 0.3) is 5.69 Å². The summed E-state index contributed by atoms with van der Waals surface area (Å²) in [5.74, 6) is -0.152. The van der Waals surface area contributed by atoms with E-state index in [0.717, 1.165) is 5.69 Å². The van der Waals surface area contributed by atoms with Crippen molar-refractivity contribution < 1.29 is 9.72 Å². The fourth-order valence-corrected chi connectivity index (χ4v) is 2.30. The lowest BCUT2D eigenvalue weighted by Gasteiger charge is -2.08. The van der Waals surface area contributed by atoms with Gasteiger partial charge in [0, 0.05) is 25.0 Å². The number of amides is 1. The lowest BCUT2D eigenvalue weighted by atomic mass is 10.1. The maximum Gasteiger partial charge on any atom is 0.292 e. The Bertz CT molecular complexity index is 737. The van der Waals surface area contributed by atoms with Crippen LogP contribution in [0.1, 0.15) is 11.3 Å². The largest absolute Gasteiger partial charge is 0.374 e. The third-order valence-electron chi connectivity index (χ3n) is 3.27. The number of hydrogen-bond donors (Lipinski definition) is 2. The van der Waals surface area contributed by atoms with Crippen LogP contribution in [0.15, 0.2) is 24.4 Å². The van der Waals surface area contributed by atoms with Gasteiger partial charge in [0.15, 0.2) is 0 Å². The molecule has 2 N–H and O–H groups in total. The number of nitrogens with zero attached hydrogens (tertiary/aromatic N) is 3. The van der Waals surface area contributed by atoms with Crippen molar-refractivity contribution in [3.05, 3.63) is 45.8 Å². The molecule has 0 aliphatic carbocycles. The molecule has 0 saturated carbocycles. The van der Waals surface area contributed by atoms with Gasteiger partial charge in [0.1, 0.15) is 5.69 Å². The standard InChI is InChI=1S/C13H13N5O3/c1-17-3-2-9(16-17)7-14-11-6-10-8(5-13(19)15-10)4-12(11)18(20)21/h2-4,6,14H,5,7H2,1H3,(H,15,19). The number of benzene rings is 1. The minimum Gasteiger partial charge on any atom is -0.374 e. The number of rotatable bonds is 4. The molecule has 0 atom stereocenters. The number of carbonyl (C=O) groups excluding carboxylic acids is 1. The smallest absolute Gasteiger partial charge is 0.292 e. The highest BCUT2D eigenvalue weighted by atomic mass is 16.6. The number of carbonyl (C=O) groups is 1. The van der Waals surface area contributed by atoms with E-state index in [1.807, 2.05) is 6.07 Å². The van der Waals surface area contributed by atoms with E-state index in [2.05, 4.69) is 15.7 Å². The van der Waals surface area contributed by atoms with Gasteiger partial charge in [-0.2, -0.15) is 5.10 Å². The van der Waals surface area contributed by atoms with Gasteiger partial charge in [-0.25, -0.2) is 0 Å². The van der Waals surface area contributed by atoms with E-state index in [1.54, 1.807) is 24.0 Å². The van der Waals surface area contributed by atoms with E-state index in [1.165, 1.54) is 6.07 Å². The molecular formula is C13H13N5O3. The summed E-state index contributed by atoms with van der Waals surface area (Å²) in [6.45, 7) is 0.369. The molecular weight excluding hydrogens is 274 g/mol. The van der Waals surface area contributed by atoms with Crippen LogP contribution in [-0.2, 0) is 24.8 Å². The van der Waals surface area contributed by atoms with E-state index in [4.69, 9.17) is 0 Å². The van der Waals surface area contributed by atoms with Crippen LogP contribution in [0.4, 0.5) is 17.1 Å². The van der Waals surface area contributed by atoms with Crippen LogP contribution in [0, 0.1) is 10.1 Å². The number of anilines is 2. The molecule has 2 aromatic rings. The predicted octanol–water partition coefficient (Wildman–Crippen LogP) is 1.43. The fourth-order valence-electron chi connectivity index (χ4n) is 2.30. The minimum absolute atomic E-state index is 0.0406. The quantitative estimate of drug-likeness (QED) is 0.654. The Morgan fingerprint density at radius 1 is 1.52 bits per heavy atom. The molecule has 1 aromatic heterocycles. The lowest BCUT2D eigenvalue weighted by Crippen LogP contribution is -2.05. The Morgan fingerprint density at radius 2 is 2.33 bits per heavy atom. The summed E-state index contributed by atoms with van der Waals surface area (Å²) in [6.07, 6.45) is 1.98. The Kier molecular flexibility index (Phi) is 3.05. The fraction of sp³-hybridized carbons (Fsp3) is 0.231. The zero-order valence-electron chi connectivity index (χ0n) is 11.3. The van der Waals surface area contributed by atoms with Crippen LogP contribution in [-0.4, -0.2) is 20.6 Å². The van der Waals surface area contributed by atoms with Crippen molar-refractivity contribution in [3.63, 3.8) is 0 Å². The summed E-state index contributed by atoms with van der Waals surface area (Å²) in [5, 5.41) is 21.0. The molecule has 2 heterocycles. The first-order valence-corrected chi connectivity index (χ1v) is 6.36. The molecule has 0 radical (unpaired) electrons. The number of aryl methyl sites for hydroxylation is 1. The summed E-state index contributed by atoms with van der Waals surface area (Å²) in [5.41, 5.74) is 2.37. The Hall–Kier alpha value is -2.90. The first-order chi connectivity index (χ1) is 10.0. The van der Waals surface area contributed by atoms with Crippen molar-refractivity contribution in [1.29, 1.82) is 0 Å². The normalized spacial score (nSPS) is 12.9. The van der Waals surface area contributed by atoms with E-state index in [0.29, 0.717) is 23.5 Å². The summed E-state index contributed by atoms with van der Waals surface area (Å²) in [6, 6.07) is 4.86. The van der Waals surface area contributed by atoms with Crippen molar-refractivity contribution in [2.24, 2.45) is 7.05 Å². The molecule has 0 spiro atoms. The van der Waals surface area contributed by atoms with Crippen molar-refractivity contribution >= 4 is 23.0 Å². The maximum atomic E-state index is 11.4. The average Bonchev–Trinajstić information content (AvgIpc) is 2.99. The molecule has 0 unspecified atom stereocenters. The van der Waals surface area contributed by atoms with Crippen LogP contribution < -0.4 is 10.6 Å². The van der Waals surface area contributed by atoms with Crippen LogP contribution >= 0.6 is 0 Å². The Balaban J connectivity index is 1.88. The van der Waals surface area contributed by atoms with Gasteiger partial charge in [-0.3, -0.25) is 19.6 Å². The highest BCUT2D eigenvalue weighted by Crippen LogP contribution is 2.34. The van der Waals surface area contributed by atoms with Crippen LogP contribution in [0.2, 0.25) is 0 Å². The van der Waals surface area contributed by atoms with Gasteiger partial charge in [-0.1, -0.05) is 0 Å². The third kappa shape index (κ3) is 2.55. The molecule has 108 valence electrons. The molecule has 8 nitrogen and oxygen atoms in total. The van der Waals surface area contributed by atoms with Gasteiger partial charge in [-0.15, -0.1) is 0 Å². The summed E-state index contributed by atoms with van der Waals surface area (Å²) in [7, 11) is 1.80. The second-order valence-electron chi connectivity index (χ2n) is 4.84. The van der Waals surface area contributed by atoms with E-state index in [-0.39, 0.29) is 18.0 Å². The van der Waals surface area contributed by atoms with Gasteiger partial charge < -0.3 is 10.6 Å². The number of nitro groups is 1. The topological polar surface area (TPSA) is 102 Å². The van der Waals surface area contributed by atoms with Crippen molar-refractivity contribution in [2.75, 3.05) is 10.6 Å². The maximum absolute atomic E-state index is 11.4. The van der Waals surface area contributed by atoms with Crippen molar-refractivity contribution in [2.45, 2.75) is 13.0 Å². The number of fused-ring (bicyclic) bond motifs is 1. The number of nitrogens with one attached hydrogen (secondary N) is 2. The molecule has 21 heavy (non-hydrogen) atoms. The molecule has 0 saturated heterocycles. The zero-order chi connectivity index (χ0) is 15.0. The molecule has 1 aliphatic rings. The Labute approximate surface area is 119 Å². The van der Waals surface area contributed by atoms with Gasteiger partial charge in [0.05, 0.1) is 23.6 Å². The first-order valence-electron chi connectivity index (χ1n) is 6.36. The molecule has 8 heteroatoms. The second-order valence-corrected chi connectivity index (χ2v) is 4.84. The van der Waals surface area contributed by atoms with Gasteiger partial charge in [0.2, 0.25) is 5.91 Å². The average molecular weight is 287 g/mol. The number of hydrogen-bond acceptors (Lipinski definition) is 5. The highest BCUT2D eigenvalue weighted by molar-refractivity contribution is 6.00. The van der Waals surface area contributed by atoms with Crippen LogP contribution in [0.3, 0.4) is 0 Å². The van der Waals surface area contributed by atoms with Crippen molar-refractivity contribution in [3.8, 4) is 0 Å². The summed E-state index contributed by atoms with van der Waals surface area (Å²) >= 11 is 0. The zero-order valence-corrected chi connectivity index (χ0v) is 11.3. The minimum atomic E-state index is -0.455. The summed E-state index contributed by atoms with van der Waals surface area (Å²) < 4.78 is 1.66. The summed E-state index contributed by atoms with van der Waals surface area (Å²) in [4.78, 5) is 22.1. The SMILES string of the molecule is Cn1ccc(CNc2cc3c(cc2[N+](=O)[O-])CC(=O)N3)n1. The van der Waals surface area contributed by atoms with Gasteiger partial charge >= 0.3 is 0 Å². The van der Waals surface area contributed by atoms with E-state index < -0.39 is 4.92 Å². The monoisotopic (exact) mass is 287 g/mol. The Morgan fingerprint density at radius 3 is 3.00 bits per heavy atom. The van der Waals surface area contributed by atoms with Crippen molar-refractivity contribution in [1.82, 2.24) is 9.78 Å². The van der Waals surface area contributed by atoms with E-state index >= 15 is 0 Å².